The molecular weight excluding hydrogens is 409 g/mol. The molecule has 32 heavy (non-hydrogen) atoms. The number of carbonyl (C=O) groups is 1. The minimum atomic E-state index is -0.608. The molecule has 6 nitrogen and oxygen atoms in total. The minimum Gasteiger partial charge on any atom is -0.484 e. The van der Waals surface area contributed by atoms with E-state index in [4.69, 9.17) is 9.47 Å². The highest BCUT2D eigenvalue weighted by Gasteiger charge is 2.21. The maximum atomic E-state index is 13.8. The molecule has 3 aromatic carbocycles. The Bertz CT molecular complexity index is 1180. The lowest BCUT2D eigenvalue weighted by atomic mass is 10.1. The van der Waals surface area contributed by atoms with Crippen molar-refractivity contribution in [3.63, 3.8) is 0 Å². The van der Waals surface area contributed by atoms with Crippen LogP contribution in [-0.4, -0.2) is 22.1 Å². The molecule has 162 valence electrons. The molecule has 0 bridgehead atoms. The third kappa shape index (κ3) is 5.31. The molecule has 7 heteroatoms. The summed E-state index contributed by atoms with van der Waals surface area (Å²) in [5.41, 5.74) is 0.593. The normalized spacial score (nSPS) is 11.6. The van der Waals surface area contributed by atoms with E-state index in [1.165, 1.54) is 12.1 Å². The zero-order valence-electron chi connectivity index (χ0n) is 17.4. The van der Waals surface area contributed by atoms with Gasteiger partial charge >= 0.3 is 0 Å². The first-order valence-electron chi connectivity index (χ1n) is 10.1. The van der Waals surface area contributed by atoms with Gasteiger partial charge in [0.1, 0.15) is 34.9 Å². The quantitative estimate of drug-likeness (QED) is 0.442. The highest BCUT2D eigenvalue weighted by atomic mass is 19.1. The average Bonchev–Trinajstić information content (AvgIpc) is 3.23. The summed E-state index contributed by atoms with van der Waals surface area (Å²) < 4.78 is 26.9. The Kier molecular flexibility index (Phi) is 6.46. The van der Waals surface area contributed by atoms with Crippen molar-refractivity contribution < 1.29 is 18.7 Å². The van der Waals surface area contributed by atoms with E-state index < -0.39 is 6.04 Å². The van der Waals surface area contributed by atoms with E-state index in [2.05, 4.69) is 10.3 Å². The van der Waals surface area contributed by atoms with Crippen molar-refractivity contribution in [2.45, 2.75) is 6.04 Å². The Morgan fingerprint density at radius 1 is 1.00 bits per heavy atom. The third-order valence-electron chi connectivity index (χ3n) is 4.78. The van der Waals surface area contributed by atoms with Gasteiger partial charge in [-0.3, -0.25) is 4.79 Å². The largest absolute Gasteiger partial charge is 0.484 e. The number of nitrogens with one attached hydrogen (secondary N) is 1. The lowest BCUT2D eigenvalue weighted by Gasteiger charge is -2.19. The van der Waals surface area contributed by atoms with E-state index in [1.54, 1.807) is 53.4 Å². The summed E-state index contributed by atoms with van der Waals surface area (Å²) in [4.78, 5) is 16.9. The number of aromatic nitrogens is 2. The SMILES string of the molecule is Cn1ccnc1C(NC(=O)COc1ccc(Oc2ccccc2)cc1)c1cccc(F)c1. The predicted molar refractivity (Wildman–Crippen MR) is 118 cm³/mol. The fourth-order valence-electron chi connectivity index (χ4n) is 3.22. The van der Waals surface area contributed by atoms with Gasteiger partial charge in [-0.2, -0.15) is 0 Å². The second kappa shape index (κ2) is 9.78. The lowest BCUT2D eigenvalue weighted by Crippen LogP contribution is -2.34. The summed E-state index contributed by atoms with van der Waals surface area (Å²) in [5, 5.41) is 2.88. The number of nitrogens with zero attached hydrogens (tertiary/aromatic N) is 2. The monoisotopic (exact) mass is 431 g/mol. The first-order valence-corrected chi connectivity index (χ1v) is 10.1. The van der Waals surface area contributed by atoms with Gasteiger partial charge in [-0.25, -0.2) is 9.37 Å². The van der Waals surface area contributed by atoms with Gasteiger partial charge in [-0.15, -0.1) is 0 Å². The summed E-state index contributed by atoms with van der Waals surface area (Å²) >= 11 is 0. The van der Waals surface area contributed by atoms with Crippen LogP contribution in [0.25, 0.3) is 0 Å². The van der Waals surface area contributed by atoms with Gasteiger partial charge in [0.15, 0.2) is 6.61 Å². The smallest absolute Gasteiger partial charge is 0.258 e. The van der Waals surface area contributed by atoms with Gasteiger partial charge < -0.3 is 19.4 Å². The Labute approximate surface area is 185 Å². The molecule has 0 aliphatic carbocycles. The second-order valence-electron chi connectivity index (χ2n) is 7.13. The van der Waals surface area contributed by atoms with Gasteiger partial charge in [0, 0.05) is 19.4 Å². The van der Waals surface area contributed by atoms with Gasteiger partial charge in [0.2, 0.25) is 0 Å². The summed E-state index contributed by atoms with van der Waals surface area (Å²) in [6, 6.07) is 21.9. The number of para-hydroxylation sites is 1. The maximum Gasteiger partial charge on any atom is 0.258 e. The van der Waals surface area contributed by atoms with Crippen LogP contribution in [0.1, 0.15) is 17.4 Å². The van der Waals surface area contributed by atoms with Crippen molar-refractivity contribution in [2.24, 2.45) is 7.05 Å². The van der Waals surface area contributed by atoms with Gasteiger partial charge in [-0.05, 0) is 54.1 Å². The Hall–Kier alpha value is -4.13. The van der Waals surface area contributed by atoms with Crippen LogP contribution in [0, 0.1) is 5.82 Å². The predicted octanol–water partition coefficient (Wildman–Crippen LogP) is 4.64. The summed E-state index contributed by atoms with van der Waals surface area (Å²) in [6.07, 6.45) is 3.40. The molecule has 0 fully saturated rings. The van der Waals surface area contributed by atoms with Crippen LogP contribution in [0.15, 0.2) is 91.3 Å². The fourth-order valence-corrected chi connectivity index (χ4v) is 3.22. The molecule has 0 aliphatic heterocycles. The molecule has 1 amide bonds. The Balaban J connectivity index is 1.39. The van der Waals surface area contributed by atoms with E-state index in [0.29, 0.717) is 22.9 Å². The number of rotatable bonds is 8. The number of halogens is 1. The van der Waals surface area contributed by atoms with E-state index in [1.807, 2.05) is 37.4 Å². The molecule has 1 aromatic heterocycles. The summed E-state index contributed by atoms with van der Waals surface area (Å²) in [7, 11) is 1.82. The van der Waals surface area contributed by atoms with Crippen molar-refractivity contribution in [2.75, 3.05) is 6.61 Å². The number of hydrogen-bond donors (Lipinski definition) is 1. The number of hydrogen-bond acceptors (Lipinski definition) is 4. The summed E-state index contributed by atoms with van der Waals surface area (Å²) in [5.74, 6) is 1.77. The number of amides is 1. The molecular formula is C25H22FN3O3. The first kappa shape index (κ1) is 21.1. The van der Waals surface area contributed by atoms with Crippen molar-refractivity contribution in [3.05, 3.63) is 108 Å². The standard InChI is InChI=1S/C25H22FN3O3/c1-29-15-14-27-25(29)24(18-6-5-7-19(26)16-18)28-23(30)17-31-20-10-12-22(13-11-20)32-21-8-3-2-4-9-21/h2-16,24H,17H2,1H3,(H,28,30). The third-order valence-corrected chi connectivity index (χ3v) is 4.78. The molecule has 4 rings (SSSR count). The fraction of sp³-hybridized carbons (Fsp3) is 0.120. The zero-order chi connectivity index (χ0) is 22.3. The van der Waals surface area contributed by atoms with Crippen LogP contribution < -0.4 is 14.8 Å². The van der Waals surface area contributed by atoms with Crippen molar-refractivity contribution in [1.29, 1.82) is 0 Å². The molecule has 0 saturated carbocycles. The van der Waals surface area contributed by atoms with Crippen molar-refractivity contribution in [3.8, 4) is 17.2 Å². The molecule has 0 spiro atoms. The Morgan fingerprint density at radius 3 is 2.41 bits per heavy atom. The molecule has 0 saturated heterocycles. The van der Waals surface area contributed by atoms with E-state index in [0.717, 1.165) is 5.75 Å². The molecule has 1 unspecified atom stereocenters. The van der Waals surface area contributed by atoms with Crippen molar-refractivity contribution >= 4 is 5.91 Å². The van der Waals surface area contributed by atoms with Gasteiger partial charge in [0.25, 0.3) is 5.91 Å². The van der Waals surface area contributed by atoms with Crippen LogP contribution in [-0.2, 0) is 11.8 Å². The molecule has 0 radical (unpaired) electrons. The molecule has 0 aliphatic rings. The zero-order valence-corrected chi connectivity index (χ0v) is 17.4. The van der Waals surface area contributed by atoms with Crippen molar-refractivity contribution in [1.82, 2.24) is 14.9 Å². The number of ether oxygens (including phenoxy) is 2. The van der Waals surface area contributed by atoms with E-state index in [-0.39, 0.29) is 18.3 Å². The highest BCUT2D eigenvalue weighted by molar-refractivity contribution is 5.78. The van der Waals surface area contributed by atoms with E-state index in [9.17, 15) is 9.18 Å². The van der Waals surface area contributed by atoms with Crippen LogP contribution in [0.2, 0.25) is 0 Å². The lowest BCUT2D eigenvalue weighted by molar-refractivity contribution is -0.123. The average molecular weight is 431 g/mol. The molecule has 1 heterocycles. The number of aryl methyl sites for hydroxylation is 1. The topological polar surface area (TPSA) is 65.4 Å². The second-order valence-corrected chi connectivity index (χ2v) is 7.13. The van der Waals surface area contributed by atoms with Crippen LogP contribution >= 0.6 is 0 Å². The van der Waals surface area contributed by atoms with Crippen LogP contribution in [0.5, 0.6) is 17.2 Å². The van der Waals surface area contributed by atoms with Gasteiger partial charge in [-0.1, -0.05) is 30.3 Å². The molecule has 1 N–H and O–H groups in total. The molecule has 4 aromatic rings. The number of benzene rings is 3. The number of imidazole rings is 1. The van der Waals surface area contributed by atoms with Crippen LogP contribution in [0.4, 0.5) is 4.39 Å². The molecule has 1 atom stereocenters. The number of carbonyl (C=O) groups excluding carboxylic acids is 1. The highest BCUT2D eigenvalue weighted by Crippen LogP contribution is 2.24. The van der Waals surface area contributed by atoms with Crippen LogP contribution in [0.3, 0.4) is 0 Å². The first-order chi connectivity index (χ1) is 15.6. The maximum absolute atomic E-state index is 13.8. The van der Waals surface area contributed by atoms with Gasteiger partial charge in [0.05, 0.1) is 0 Å². The minimum absolute atomic E-state index is 0.199. The Morgan fingerprint density at radius 2 is 1.72 bits per heavy atom. The summed E-state index contributed by atoms with van der Waals surface area (Å²) in [6.45, 7) is -0.199. The van der Waals surface area contributed by atoms with E-state index >= 15 is 0 Å².